The number of nitrogens with one attached hydrogen (secondary N) is 1. The predicted octanol–water partition coefficient (Wildman–Crippen LogP) is 4.62. The average molecular weight is 306 g/mol. The fraction of sp³-hybridized carbons (Fsp3) is 0.375. The standard InChI is InChI=1S/C16H20ClN3O/c1-4-8-18-15-10-16(20-14(5-2)19-15)21-12-6-7-13(17)11(3)9-12/h6-7,9-10H,4-5,8H2,1-3H3,(H,18,19,20). The van der Waals surface area contributed by atoms with E-state index >= 15 is 0 Å². The maximum atomic E-state index is 6.02. The minimum atomic E-state index is 0.544. The van der Waals surface area contributed by atoms with Crippen molar-refractivity contribution >= 4 is 17.4 Å². The van der Waals surface area contributed by atoms with Gasteiger partial charge in [-0.05, 0) is 37.1 Å². The van der Waals surface area contributed by atoms with Gasteiger partial charge < -0.3 is 10.1 Å². The molecule has 1 aromatic carbocycles. The van der Waals surface area contributed by atoms with Gasteiger partial charge in [0.15, 0.2) is 0 Å². The van der Waals surface area contributed by atoms with E-state index in [1.807, 2.05) is 38.1 Å². The van der Waals surface area contributed by atoms with Gasteiger partial charge in [0.1, 0.15) is 17.4 Å². The zero-order valence-corrected chi connectivity index (χ0v) is 13.4. The van der Waals surface area contributed by atoms with Crippen molar-refractivity contribution in [3.8, 4) is 11.6 Å². The van der Waals surface area contributed by atoms with Crippen LogP contribution in [0.1, 0.15) is 31.7 Å². The molecule has 0 bridgehead atoms. The molecule has 0 radical (unpaired) electrons. The van der Waals surface area contributed by atoms with Gasteiger partial charge in [-0.15, -0.1) is 0 Å². The van der Waals surface area contributed by atoms with Gasteiger partial charge in [-0.1, -0.05) is 25.4 Å². The normalized spacial score (nSPS) is 10.5. The minimum Gasteiger partial charge on any atom is -0.439 e. The molecule has 0 saturated carbocycles. The van der Waals surface area contributed by atoms with Crippen LogP contribution >= 0.6 is 11.6 Å². The highest BCUT2D eigenvalue weighted by Crippen LogP contribution is 2.26. The zero-order chi connectivity index (χ0) is 15.2. The maximum Gasteiger partial charge on any atom is 0.224 e. The summed E-state index contributed by atoms with van der Waals surface area (Å²) in [6.07, 6.45) is 1.80. The van der Waals surface area contributed by atoms with Crippen molar-refractivity contribution < 1.29 is 4.74 Å². The second-order valence-corrected chi connectivity index (χ2v) is 5.21. The number of halogens is 1. The van der Waals surface area contributed by atoms with Gasteiger partial charge in [0.25, 0.3) is 0 Å². The number of aromatic nitrogens is 2. The molecule has 0 aliphatic rings. The lowest BCUT2D eigenvalue weighted by Gasteiger charge is -2.10. The van der Waals surface area contributed by atoms with Gasteiger partial charge >= 0.3 is 0 Å². The zero-order valence-electron chi connectivity index (χ0n) is 12.6. The van der Waals surface area contributed by atoms with E-state index in [4.69, 9.17) is 16.3 Å². The Bertz CT molecular complexity index is 616. The van der Waals surface area contributed by atoms with Crippen molar-refractivity contribution in [1.82, 2.24) is 9.97 Å². The van der Waals surface area contributed by atoms with Gasteiger partial charge in [0.2, 0.25) is 5.88 Å². The number of anilines is 1. The molecule has 5 heteroatoms. The van der Waals surface area contributed by atoms with Crippen LogP contribution in [0.3, 0.4) is 0 Å². The van der Waals surface area contributed by atoms with E-state index in [2.05, 4.69) is 22.2 Å². The first kappa shape index (κ1) is 15.6. The Balaban J connectivity index is 2.23. The first-order valence-corrected chi connectivity index (χ1v) is 7.56. The third-order valence-corrected chi connectivity index (χ3v) is 3.40. The van der Waals surface area contributed by atoms with Gasteiger partial charge in [0.05, 0.1) is 0 Å². The van der Waals surface area contributed by atoms with Crippen molar-refractivity contribution in [3.05, 3.63) is 40.7 Å². The molecule has 0 aliphatic carbocycles. The van der Waals surface area contributed by atoms with Crippen LogP contribution in [-0.2, 0) is 6.42 Å². The number of hydrogen-bond acceptors (Lipinski definition) is 4. The van der Waals surface area contributed by atoms with Gasteiger partial charge in [0, 0.05) is 24.1 Å². The Morgan fingerprint density at radius 1 is 1.19 bits per heavy atom. The van der Waals surface area contributed by atoms with Crippen molar-refractivity contribution in [2.24, 2.45) is 0 Å². The molecule has 0 amide bonds. The number of aryl methyl sites for hydroxylation is 2. The Labute approximate surface area is 130 Å². The van der Waals surface area contributed by atoms with E-state index in [-0.39, 0.29) is 0 Å². The van der Waals surface area contributed by atoms with E-state index < -0.39 is 0 Å². The SMILES string of the molecule is CCCNc1cc(Oc2ccc(Cl)c(C)c2)nc(CC)n1. The smallest absolute Gasteiger partial charge is 0.224 e. The summed E-state index contributed by atoms with van der Waals surface area (Å²) < 4.78 is 5.83. The Kier molecular flexibility index (Phi) is 5.39. The van der Waals surface area contributed by atoms with Crippen molar-refractivity contribution in [2.75, 3.05) is 11.9 Å². The van der Waals surface area contributed by atoms with E-state index in [0.29, 0.717) is 5.88 Å². The van der Waals surface area contributed by atoms with Gasteiger partial charge in [-0.3, -0.25) is 0 Å². The summed E-state index contributed by atoms with van der Waals surface area (Å²) in [7, 11) is 0. The molecule has 1 aromatic heterocycles. The van der Waals surface area contributed by atoms with Gasteiger partial charge in [-0.2, -0.15) is 4.98 Å². The van der Waals surface area contributed by atoms with Crippen LogP contribution in [0.25, 0.3) is 0 Å². The first-order chi connectivity index (χ1) is 10.1. The summed E-state index contributed by atoms with van der Waals surface area (Å²) in [5.41, 5.74) is 0.975. The molecule has 0 spiro atoms. The number of rotatable bonds is 6. The topological polar surface area (TPSA) is 47.0 Å². The molecule has 2 rings (SSSR count). The number of hydrogen-bond donors (Lipinski definition) is 1. The monoisotopic (exact) mass is 305 g/mol. The molecule has 4 nitrogen and oxygen atoms in total. The highest BCUT2D eigenvalue weighted by Gasteiger charge is 2.06. The largest absolute Gasteiger partial charge is 0.439 e. The van der Waals surface area contributed by atoms with Crippen LogP contribution in [0.15, 0.2) is 24.3 Å². The third-order valence-electron chi connectivity index (χ3n) is 2.97. The average Bonchev–Trinajstić information content (AvgIpc) is 2.48. The van der Waals surface area contributed by atoms with Crippen molar-refractivity contribution in [3.63, 3.8) is 0 Å². The quantitative estimate of drug-likeness (QED) is 0.846. The maximum absolute atomic E-state index is 6.02. The highest BCUT2D eigenvalue weighted by atomic mass is 35.5. The summed E-state index contributed by atoms with van der Waals surface area (Å²) in [6, 6.07) is 7.38. The molecule has 21 heavy (non-hydrogen) atoms. The van der Waals surface area contributed by atoms with E-state index in [1.54, 1.807) is 0 Å². The third kappa shape index (κ3) is 4.33. The molecule has 0 aliphatic heterocycles. The summed E-state index contributed by atoms with van der Waals surface area (Å²) in [6.45, 7) is 6.96. The van der Waals surface area contributed by atoms with Crippen LogP contribution in [0.4, 0.5) is 5.82 Å². The summed E-state index contributed by atoms with van der Waals surface area (Å²) in [4.78, 5) is 8.84. The fourth-order valence-electron chi connectivity index (χ4n) is 1.83. The molecule has 0 saturated heterocycles. The predicted molar refractivity (Wildman–Crippen MR) is 86.5 cm³/mol. The lowest BCUT2D eigenvalue weighted by Crippen LogP contribution is -2.05. The second-order valence-electron chi connectivity index (χ2n) is 4.80. The summed E-state index contributed by atoms with van der Waals surface area (Å²) >= 11 is 6.02. The van der Waals surface area contributed by atoms with Crippen LogP contribution < -0.4 is 10.1 Å². The number of benzene rings is 1. The van der Waals surface area contributed by atoms with Crippen LogP contribution in [0.5, 0.6) is 11.6 Å². The fourth-order valence-corrected chi connectivity index (χ4v) is 1.95. The van der Waals surface area contributed by atoms with E-state index in [1.165, 1.54) is 0 Å². The van der Waals surface area contributed by atoms with Crippen LogP contribution in [-0.4, -0.2) is 16.5 Å². The molecule has 0 unspecified atom stereocenters. The lowest BCUT2D eigenvalue weighted by atomic mass is 10.2. The summed E-state index contributed by atoms with van der Waals surface area (Å²) in [5.74, 6) is 2.82. The molecular formula is C16H20ClN3O. The molecule has 112 valence electrons. The van der Waals surface area contributed by atoms with Crippen LogP contribution in [0.2, 0.25) is 5.02 Å². The van der Waals surface area contributed by atoms with Crippen molar-refractivity contribution in [2.45, 2.75) is 33.6 Å². The molecule has 2 aromatic rings. The van der Waals surface area contributed by atoms with E-state index in [9.17, 15) is 0 Å². The highest BCUT2D eigenvalue weighted by molar-refractivity contribution is 6.31. The molecular weight excluding hydrogens is 286 g/mol. The minimum absolute atomic E-state index is 0.544. The number of nitrogens with zero attached hydrogens (tertiary/aromatic N) is 2. The lowest BCUT2D eigenvalue weighted by molar-refractivity contribution is 0.459. The summed E-state index contributed by atoms with van der Waals surface area (Å²) in [5, 5.41) is 3.99. The number of ether oxygens (including phenoxy) is 1. The molecule has 1 heterocycles. The van der Waals surface area contributed by atoms with Gasteiger partial charge in [-0.25, -0.2) is 4.98 Å². The first-order valence-electron chi connectivity index (χ1n) is 7.18. The second kappa shape index (κ2) is 7.27. The Hall–Kier alpha value is -1.81. The Morgan fingerprint density at radius 3 is 2.67 bits per heavy atom. The van der Waals surface area contributed by atoms with Crippen molar-refractivity contribution in [1.29, 1.82) is 0 Å². The Morgan fingerprint density at radius 2 is 2.00 bits per heavy atom. The van der Waals surface area contributed by atoms with Crippen LogP contribution in [0, 0.1) is 6.92 Å². The molecule has 0 atom stereocenters. The molecule has 1 N–H and O–H groups in total. The molecule has 0 fully saturated rings. The van der Waals surface area contributed by atoms with E-state index in [0.717, 1.165) is 47.4 Å².